The first-order chi connectivity index (χ1) is 6.80. The molecule has 14 heavy (non-hydrogen) atoms. The Balaban J connectivity index is 2.98. The van der Waals surface area contributed by atoms with Crippen LogP contribution in [0.25, 0.3) is 6.08 Å². The van der Waals surface area contributed by atoms with Gasteiger partial charge in [0.1, 0.15) is 11.5 Å². The third kappa shape index (κ3) is 2.78. The number of methoxy groups -OCH3 is 2. The fourth-order valence-corrected chi connectivity index (χ4v) is 1.13. The first-order valence-corrected chi connectivity index (χ1v) is 4.40. The Morgan fingerprint density at radius 1 is 1.14 bits per heavy atom. The van der Waals surface area contributed by atoms with Crippen molar-refractivity contribution < 1.29 is 9.47 Å². The minimum absolute atomic E-state index is 0.527. The Morgan fingerprint density at radius 3 is 2.14 bits per heavy atom. The molecule has 1 rings (SSSR count). The van der Waals surface area contributed by atoms with Crippen LogP contribution in [0.15, 0.2) is 24.3 Å². The molecule has 1 aromatic rings. The van der Waals surface area contributed by atoms with E-state index >= 15 is 0 Å². The molecule has 0 aromatic heterocycles. The lowest BCUT2D eigenvalue weighted by Crippen LogP contribution is -1.92. The maximum atomic E-state index is 5.37. The van der Waals surface area contributed by atoms with E-state index in [0.29, 0.717) is 6.54 Å². The number of benzene rings is 1. The van der Waals surface area contributed by atoms with Crippen LogP contribution in [-0.2, 0) is 0 Å². The average molecular weight is 193 g/mol. The molecule has 0 unspecified atom stereocenters. The molecule has 0 heterocycles. The summed E-state index contributed by atoms with van der Waals surface area (Å²) in [5, 5.41) is 0. The predicted molar refractivity (Wildman–Crippen MR) is 57.6 cm³/mol. The summed E-state index contributed by atoms with van der Waals surface area (Å²) in [5.74, 6) is 1.56. The summed E-state index contributed by atoms with van der Waals surface area (Å²) in [6.07, 6.45) is 3.82. The first kappa shape index (κ1) is 10.6. The van der Waals surface area contributed by atoms with Gasteiger partial charge in [-0.3, -0.25) is 0 Å². The number of hydrogen-bond donors (Lipinski definition) is 1. The first-order valence-electron chi connectivity index (χ1n) is 4.40. The van der Waals surface area contributed by atoms with Gasteiger partial charge in [0.2, 0.25) is 0 Å². The molecule has 0 atom stereocenters. The fourth-order valence-electron chi connectivity index (χ4n) is 1.13. The average Bonchev–Trinajstić information content (AvgIpc) is 2.25. The van der Waals surface area contributed by atoms with Gasteiger partial charge >= 0.3 is 0 Å². The van der Waals surface area contributed by atoms with Gasteiger partial charge in [-0.2, -0.15) is 0 Å². The Kier molecular flexibility index (Phi) is 4.01. The Hall–Kier alpha value is -1.48. The smallest absolute Gasteiger partial charge is 0.123 e. The Morgan fingerprint density at radius 2 is 1.71 bits per heavy atom. The quantitative estimate of drug-likeness (QED) is 0.791. The van der Waals surface area contributed by atoms with E-state index < -0.39 is 0 Å². The van der Waals surface area contributed by atoms with Gasteiger partial charge in [0, 0.05) is 12.6 Å². The molecule has 1 aromatic carbocycles. The predicted octanol–water partition coefficient (Wildman–Crippen LogP) is 1.68. The molecule has 0 aliphatic carbocycles. The highest BCUT2D eigenvalue weighted by atomic mass is 16.5. The summed E-state index contributed by atoms with van der Waals surface area (Å²) in [7, 11) is 3.26. The molecule has 0 saturated carbocycles. The van der Waals surface area contributed by atoms with Gasteiger partial charge in [-0.05, 0) is 17.7 Å². The van der Waals surface area contributed by atoms with Gasteiger partial charge in [-0.15, -0.1) is 0 Å². The van der Waals surface area contributed by atoms with E-state index in [1.165, 1.54) is 0 Å². The van der Waals surface area contributed by atoms with Gasteiger partial charge in [-0.25, -0.2) is 0 Å². The van der Waals surface area contributed by atoms with E-state index in [0.717, 1.165) is 17.1 Å². The van der Waals surface area contributed by atoms with Crippen LogP contribution in [-0.4, -0.2) is 20.8 Å². The second-order valence-corrected chi connectivity index (χ2v) is 2.78. The van der Waals surface area contributed by atoms with Crippen LogP contribution >= 0.6 is 0 Å². The van der Waals surface area contributed by atoms with E-state index in [2.05, 4.69) is 0 Å². The molecule has 0 radical (unpaired) electrons. The zero-order valence-corrected chi connectivity index (χ0v) is 8.49. The van der Waals surface area contributed by atoms with E-state index in [9.17, 15) is 0 Å². The highest BCUT2D eigenvalue weighted by Crippen LogP contribution is 2.22. The van der Waals surface area contributed by atoms with Gasteiger partial charge < -0.3 is 15.2 Å². The van der Waals surface area contributed by atoms with E-state index in [-0.39, 0.29) is 0 Å². The number of nitrogens with two attached hydrogens (primary N) is 1. The highest BCUT2D eigenvalue weighted by Gasteiger charge is 1.98. The molecule has 0 saturated heterocycles. The molecular formula is C11H15NO2. The molecule has 0 bridgehead atoms. The van der Waals surface area contributed by atoms with Gasteiger partial charge in [-0.1, -0.05) is 12.2 Å². The van der Waals surface area contributed by atoms with Crippen LogP contribution in [0.1, 0.15) is 5.56 Å². The van der Waals surface area contributed by atoms with Crippen molar-refractivity contribution in [1.29, 1.82) is 0 Å². The van der Waals surface area contributed by atoms with Crippen molar-refractivity contribution >= 4 is 6.08 Å². The minimum atomic E-state index is 0.527. The van der Waals surface area contributed by atoms with Crippen molar-refractivity contribution in [3.05, 3.63) is 29.8 Å². The summed E-state index contributed by atoms with van der Waals surface area (Å²) >= 11 is 0. The molecule has 76 valence electrons. The molecule has 0 fully saturated rings. The van der Waals surface area contributed by atoms with Crippen molar-refractivity contribution in [1.82, 2.24) is 0 Å². The molecule has 0 aliphatic rings. The fraction of sp³-hybridized carbons (Fsp3) is 0.273. The lowest BCUT2D eigenvalue weighted by Gasteiger charge is -2.05. The largest absolute Gasteiger partial charge is 0.497 e. The maximum Gasteiger partial charge on any atom is 0.123 e. The van der Waals surface area contributed by atoms with Crippen molar-refractivity contribution in [3.8, 4) is 11.5 Å². The number of ether oxygens (including phenoxy) is 2. The van der Waals surface area contributed by atoms with Gasteiger partial charge in [0.05, 0.1) is 14.2 Å². The summed E-state index contributed by atoms with van der Waals surface area (Å²) in [4.78, 5) is 0. The third-order valence-electron chi connectivity index (χ3n) is 1.82. The van der Waals surface area contributed by atoms with Crippen molar-refractivity contribution in [3.63, 3.8) is 0 Å². The molecule has 0 amide bonds. The topological polar surface area (TPSA) is 44.5 Å². The number of hydrogen-bond acceptors (Lipinski definition) is 3. The summed E-state index contributed by atoms with van der Waals surface area (Å²) < 4.78 is 10.3. The lowest BCUT2D eigenvalue weighted by atomic mass is 10.2. The zero-order chi connectivity index (χ0) is 10.4. The van der Waals surface area contributed by atoms with E-state index in [1.54, 1.807) is 14.2 Å². The monoisotopic (exact) mass is 193 g/mol. The zero-order valence-electron chi connectivity index (χ0n) is 8.49. The van der Waals surface area contributed by atoms with E-state index in [1.807, 2.05) is 30.4 Å². The maximum absolute atomic E-state index is 5.37. The van der Waals surface area contributed by atoms with Gasteiger partial charge in [0.15, 0.2) is 0 Å². The molecule has 2 N–H and O–H groups in total. The second-order valence-electron chi connectivity index (χ2n) is 2.78. The van der Waals surface area contributed by atoms with Crippen molar-refractivity contribution in [2.75, 3.05) is 20.8 Å². The lowest BCUT2D eigenvalue weighted by molar-refractivity contribution is 0.394. The molecule has 3 nitrogen and oxygen atoms in total. The minimum Gasteiger partial charge on any atom is -0.497 e. The standard InChI is InChI=1S/C11H15NO2/c1-13-10-6-9(4-3-5-12)7-11(8-10)14-2/h3-4,6-8H,5,12H2,1-2H3. The van der Waals surface area contributed by atoms with Crippen LogP contribution in [0.5, 0.6) is 11.5 Å². The van der Waals surface area contributed by atoms with Crippen molar-refractivity contribution in [2.24, 2.45) is 5.73 Å². The van der Waals surface area contributed by atoms with E-state index in [4.69, 9.17) is 15.2 Å². The molecular weight excluding hydrogens is 178 g/mol. The summed E-state index contributed by atoms with van der Waals surface area (Å²) in [5.41, 5.74) is 6.39. The molecule has 0 aliphatic heterocycles. The highest BCUT2D eigenvalue weighted by molar-refractivity contribution is 5.55. The van der Waals surface area contributed by atoms with Crippen LogP contribution in [0, 0.1) is 0 Å². The van der Waals surface area contributed by atoms with Crippen molar-refractivity contribution in [2.45, 2.75) is 0 Å². The van der Waals surface area contributed by atoms with Crippen LogP contribution < -0.4 is 15.2 Å². The molecule has 0 spiro atoms. The molecule has 3 heteroatoms. The Bertz CT molecular complexity index is 299. The second kappa shape index (κ2) is 5.29. The SMILES string of the molecule is COc1cc(C=CCN)cc(OC)c1. The third-order valence-corrected chi connectivity index (χ3v) is 1.82. The summed E-state index contributed by atoms with van der Waals surface area (Å²) in [6.45, 7) is 0.527. The normalized spacial score (nSPS) is 10.5. The summed E-state index contributed by atoms with van der Waals surface area (Å²) in [6, 6.07) is 5.68. The number of rotatable bonds is 4. The Labute approximate surface area is 84.1 Å². The van der Waals surface area contributed by atoms with Crippen LogP contribution in [0.3, 0.4) is 0 Å². The van der Waals surface area contributed by atoms with Gasteiger partial charge in [0.25, 0.3) is 0 Å². The van der Waals surface area contributed by atoms with Crippen LogP contribution in [0.4, 0.5) is 0 Å². The van der Waals surface area contributed by atoms with Crippen LogP contribution in [0.2, 0.25) is 0 Å².